The zero-order chi connectivity index (χ0) is 29.7. The van der Waals surface area contributed by atoms with Crippen LogP contribution >= 0.6 is 0 Å². The Morgan fingerprint density at radius 3 is 2.25 bits per heavy atom. The molecule has 2 N–H and O–H groups in total. The Kier molecular flexibility index (Phi) is 9.91. The van der Waals surface area contributed by atoms with Crippen LogP contribution < -0.4 is 10.1 Å². The van der Waals surface area contributed by atoms with Crippen LogP contribution in [-0.4, -0.2) is 82.5 Å². The lowest BCUT2D eigenvalue weighted by molar-refractivity contribution is -0.274. The van der Waals surface area contributed by atoms with E-state index in [4.69, 9.17) is 4.74 Å². The normalized spacial score (nSPS) is 20.2. The topological polar surface area (TPSA) is 125 Å². The summed E-state index contributed by atoms with van der Waals surface area (Å²) >= 11 is 0. The van der Waals surface area contributed by atoms with Gasteiger partial charge in [0.15, 0.2) is 0 Å². The minimum Gasteiger partial charge on any atom is -0.480 e. The summed E-state index contributed by atoms with van der Waals surface area (Å²) < 4.78 is 46.5. The molecule has 0 aliphatic carbocycles. The van der Waals surface area contributed by atoms with Crippen molar-refractivity contribution in [3.8, 4) is 5.75 Å². The Hall–Kier alpha value is -3.51. The number of rotatable bonds is 9. The molecule has 2 saturated heterocycles. The summed E-state index contributed by atoms with van der Waals surface area (Å²) in [6.45, 7) is 6.31. The summed E-state index contributed by atoms with van der Waals surface area (Å²) in [4.78, 5) is 53.7. The van der Waals surface area contributed by atoms with E-state index < -0.39 is 42.0 Å². The number of nitrogens with zero attached hydrogens (tertiary/aromatic N) is 2. The van der Waals surface area contributed by atoms with Crippen molar-refractivity contribution in [2.24, 2.45) is 5.92 Å². The van der Waals surface area contributed by atoms with Gasteiger partial charge in [0.05, 0.1) is 0 Å². The Morgan fingerprint density at radius 1 is 1.07 bits per heavy atom. The lowest BCUT2D eigenvalue weighted by Crippen LogP contribution is -2.52. The number of hydrogen-bond donors (Lipinski definition) is 2. The first-order valence-corrected chi connectivity index (χ1v) is 13.3. The first-order valence-electron chi connectivity index (χ1n) is 13.3. The highest BCUT2D eigenvalue weighted by Crippen LogP contribution is 2.29. The number of carboxylic acids is 1. The third kappa shape index (κ3) is 9.30. The molecular formula is C27H36F3N3O7. The minimum atomic E-state index is -4.81. The zero-order valence-corrected chi connectivity index (χ0v) is 22.8. The van der Waals surface area contributed by atoms with Crippen LogP contribution in [0.25, 0.3) is 0 Å². The molecule has 2 fully saturated rings. The van der Waals surface area contributed by atoms with E-state index in [1.54, 1.807) is 25.7 Å². The molecule has 13 heteroatoms. The van der Waals surface area contributed by atoms with Gasteiger partial charge in [0.1, 0.15) is 23.4 Å². The molecule has 0 spiro atoms. The summed E-state index contributed by atoms with van der Waals surface area (Å²) in [6.07, 6.45) is -3.47. The molecular weight excluding hydrogens is 535 g/mol. The van der Waals surface area contributed by atoms with E-state index in [1.165, 1.54) is 29.2 Å². The molecule has 0 radical (unpaired) electrons. The molecule has 3 atom stereocenters. The fourth-order valence-electron chi connectivity index (χ4n) is 5.01. The third-order valence-electron chi connectivity index (χ3n) is 6.73. The van der Waals surface area contributed by atoms with Crippen molar-refractivity contribution in [3.05, 3.63) is 29.8 Å². The van der Waals surface area contributed by atoms with Crippen LogP contribution in [0.5, 0.6) is 5.75 Å². The van der Waals surface area contributed by atoms with Crippen molar-refractivity contribution >= 4 is 23.9 Å². The van der Waals surface area contributed by atoms with Gasteiger partial charge >= 0.3 is 18.4 Å². The van der Waals surface area contributed by atoms with Gasteiger partial charge in [0.2, 0.25) is 11.8 Å². The highest BCUT2D eigenvalue weighted by Gasteiger charge is 2.42. The van der Waals surface area contributed by atoms with Crippen molar-refractivity contribution in [1.82, 2.24) is 15.1 Å². The predicted molar refractivity (Wildman–Crippen MR) is 136 cm³/mol. The first kappa shape index (κ1) is 31.0. The number of nitrogens with one attached hydrogen (secondary N) is 1. The van der Waals surface area contributed by atoms with Gasteiger partial charge in [-0.05, 0) is 76.5 Å². The van der Waals surface area contributed by atoms with Gasteiger partial charge in [-0.15, -0.1) is 13.2 Å². The molecule has 40 heavy (non-hydrogen) atoms. The molecule has 0 bridgehead atoms. The molecule has 2 heterocycles. The molecule has 3 rings (SSSR count). The Morgan fingerprint density at radius 2 is 1.70 bits per heavy atom. The zero-order valence-electron chi connectivity index (χ0n) is 22.8. The monoisotopic (exact) mass is 571 g/mol. The van der Waals surface area contributed by atoms with Gasteiger partial charge < -0.3 is 29.7 Å². The number of carbonyl (C=O) groups excluding carboxylic acids is 3. The van der Waals surface area contributed by atoms with Crippen molar-refractivity contribution in [2.45, 2.75) is 83.3 Å². The molecule has 222 valence electrons. The average Bonchev–Trinajstić information content (AvgIpc) is 3.51. The number of alkyl carbamates (subject to hydrolysis) is 1. The van der Waals surface area contributed by atoms with Crippen LogP contribution in [0.4, 0.5) is 18.0 Å². The maximum absolute atomic E-state index is 13.6. The van der Waals surface area contributed by atoms with Crippen molar-refractivity contribution in [2.75, 3.05) is 19.6 Å². The molecule has 3 unspecified atom stereocenters. The standard InChI is InChI=1S/C27H36F3N3O7/c1-26(2,3)40-25(38)31-20(10-11-22(34)32-12-4-5-13-32)23(35)33-16-18(15-21(33)24(36)37)14-17-6-8-19(9-7-17)39-27(28,29)30/h6-9,18,20-21H,4-5,10-16H2,1-3H3,(H,31,38)(H,36,37). The summed E-state index contributed by atoms with van der Waals surface area (Å²) in [5, 5.41) is 12.4. The molecule has 1 aromatic rings. The predicted octanol–water partition coefficient (Wildman–Crippen LogP) is 3.73. The van der Waals surface area contributed by atoms with Crippen LogP contribution in [0.2, 0.25) is 0 Å². The summed E-state index contributed by atoms with van der Waals surface area (Å²) in [5.74, 6) is -2.67. The highest BCUT2D eigenvalue weighted by atomic mass is 19.4. The van der Waals surface area contributed by atoms with Crippen LogP contribution in [-0.2, 0) is 25.5 Å². The second-order valence-electron chi connectivity index (χ2n) is 11.2. The van der Waals surface area contributed by atoms with Crippen LogP contribution in [0.15, 0.2) is 24.3 Å². The number of hydrogen-bond acceptors (Lipinski definition) is 6. The molecule has 1 aromatic carbocycles. The van der Waals surface area contributed by atoms with Gasteiger partial charge in [0.25, 0.3) is 0 Å². The summed E-state index contributed by atoms with van der Waals surface area (Å²) in [5.41, 5.74) is -0.191. The number of aliphatic carboxylic acids is 1. The lowest BCUT2D eigenvalue weighted by Gasteiger charge is -2.29. The number of ether oxygens (including phenoxy) is 2. The Bertz CT molecular complexity index is 1070. The van der Waals surface area contributed by atoms with Gasteiger partial charge in [-0.2, -0.15) is 0 Å². The van der Waals surface area contributed by atoms with Crippen LogP contribution in [0.3, 0.4) is 0 Å². The van der Waals surface area contributed by atoms with E-state index >= 15 is 0 Å². The van der Waals surface area contributed by atoms with Crippen molar-refractivity contribution in [1.29, 1.82) is 0 Å². The molecule has 2 aliphatic rings. The lowest BCUT2D eigenvalue weighted by atomic mass is 9.97. The Labute approximate surface area is 230 Å². The van der Waals surface area contributed by atoms with Gasteiger partial charge in [-0.25, -0.2) is 9.59 Å². The number of benzene rings is 1. The summed E-state index contributed by atoms with van der Waals surface area (Å²) in [7, 11) is 0. The maximum atomic E-state index is 13.6. The first-order chi connectivity index (χ1) is 18.6. The number of halogens is 3. The van der Waals surface area contributed by atoms with Gasteiger partial charge in [0, 0.05) is 26.1 Å². The van der Waals surface area contributed by atoms with E-state index in [9.17, 15) is 37.5 Å². The second-order valence-corrected chi connectivity index (χ2v) is 11.2. The smallest absolute Gasteiger partial charge is 0.480 e. The fraction of sp³-hybridized carbons (Fsp3) is 0.630. The molecule has 10 nitrogen and oxygen atoms in total. The van der Waals surface area contributed by atoms with E-state index in [0.717, 1.165) is 12.8 Å². The second kappa shape index (κ2) is 12.8. The number of carboxylic acid groups (broad SMARTS) is 1. The Balaban J connectivity index is 1.71. The molecule has 0 saturated carbocycles. The molecule has 0 aromatic heterocycles. The third-order valence-corrected chi connectivity index (χ3v) is 6.73. The summed E-state index contributed by atoms with van der Waals surface area (Å²) in [6, 6.07) is 2.92. The van der Waals surface area contributed by atoms with Crippen molar-refractivity contribution < 1.29 is 46.9 Å². The van der Waals surface area contributed by atoms with Crippen LogP contribution in [0.1, 0.15) is 58.4 Å². The van der Waals surface area contributed by atoms with E-state index in [1.807, 2.05) is 0 Å². The quantitative estimate of drug-likeness (QED) is 0.463. The highest BCUT2D eigenvalue weighted by molar-refractivity contribution is 5.90. The number of likely N-dealkylation sites (tertiary alicyclic amines) is 2. The van der Waals surface area contributed by atoms with Crippen LogP contribution in [0, 0.1) is 5.92 Å². The average molecular weight is 572 g/mol. The minimum absolute atomic E-state index is 0.00639. The largest absolute Gasteiger partial charge is 0.573 e. The fourth-order valence-corrected chi connectivity index (χ4v) is 5.01. The van der Waals surface area contributed by atoms with E-state index in [-0.39, 0.29) is 43.4 Å². The number of carbonyl (C=O) groups is 4. The van der Waals surface area contributed by atoms with Crippen molar-refractivity contribution in [3.63, 3.8) is 0 Å². The maximum Gasteiger partial charge on any atom is 0.573 e. The number of amides is 3. The SMILES string of the molecule is CC(C)(C)OC(=O)NC(CCC(=O)N1CCCC1)C(=O)N1CC(Cc2ccc(OC(F)(F)F)cc2)CC1C(=O)O. The van der Waals surface area contributed by atoms with Gasteiger partial charge in [-0.3, -0.25) is 9.59 Å². The van der Waals surface area contributed by atoms with E-state index in [0.29, 0.717) is 25.1 Å². The van der Waals surface area contributed by atoms with E-state index in [2.05, 4.69) is 10.1 Å². The molecule has 2 aliphatic heterocycles. The van der Waals surface area contributed by atoms with Gasteiger partial charge in [-0.1, -0.05) is 12.1 Å². The number of alkyl halides is 3. The molecule has 3 amide bonds.